The van der Waals surface area contributed by atoms with E-state index in [1.165, 1.54) is 0 Å². The van der Waals surface area contributed by atoms with Crippen molar-refractivity contribution in [2.75, 3.05) is 25.0 Å². The number of hydrogen-bond donors (Lipinski definition) is 1. The summed E-state index contributed by atoms with van der Waals surface area (Å²) in [6.07, 6.45) is 9.72. The fourth-order valence-corrected chi connectivity index (χ4v) is 7.46. The Labute approximate surface area is 294 Å². The Kier molecular flexibility index (Phi) is 10.5. The molecule has 1 N–H and O–H groups in total. The van der Waals surface area contributed by atoms with Gasteiger partial charge in [-0.2, -0.15) is 0 Å². The highest BCUT2D eigenvalue weighted by Gasteiger charge is 2.54. The summed E-state index contributed by atoms with van der Waals surface area (Å²) < 4.78 is 18.7. The van der Waals surface area contributed by atoms with Gasteiger partial charge in [-0.25, -0.2) is 19.9 Å². The number of benzene rings is 1. The van der Waals surface area contributed by atoms with Crippen LogP contribution in [0.1, 0.15) is 85.3 Å². The number of aldehydes is 1. The van der Waals surface area contributed by atoms with Crippen LogP contribution in [0.5, 0.6) is 11.6 Å². The normalized spacial score (nSPS) is 27.6. The second-order valence-electron chi connectivity index (χ2n) is 15.2. The molecule has 1 aromatic carbocycles. The summed E-state index contributed by atoms with van der Waals surface area (Å²) in [6.45, 7) is 11.0. The third-order valence-corrected chi connectivity index (χ3v) is 10.6. The molecule has 1 saturated heterocycles. The van der Waals surface area contributed by atoms with Gasteiger partial charge < -0.3 is 29.2 Å². The number of nitrogens with one attached hydrogen (secondary N) is 1. The zero-order chi connectivity index (χ0) is 35.5. The summed E-state index contributed by atoms with van der Waals surface area (Å²) in [4.78, 5) is 60.2. The van der Waals surface area contributed by atoms with Crippen LogP contribution in [0, 0.1) is 23.2 Å². The van der Waals surface area contributed by atoms with Gasteiger partial charge in [-0.05, 0) is 62.6 Å². The van der Waals surface area contributed by atoms with Crippen LogP contribution in [0.4, 0.5) is 5.95 Å². The van der Waals surface area contributed by atoms with E-state index in [9.17, 15) is 14.4 Å². The molecule has 0 radical (unpaired) electrons. The molecule has 3 aromatic rings. The van der Waals surface area contributed by atoms with Gasteiger partial charge in [-0.1, -0.05) is 40.5 Å². The molecule has 3 aliphatic rings. The monoisotopic (exact) mass is 686 g/mol. The molecule has 2 fully saturated rings. The van der Waals surface area contributed by atoms with Gasteiger partial charge >= 0.3 is 5.97 Å². The number of ether oxygens (including phenoxy) is 3. The Bertz CT molecular complexity index is 1680. The fraction of sp³-hybridized carbons (Fsp3) is 0.605. The number of aryl methyl sites for hydroxylation is 1. The first-order valence-electron chi connectivity index (χ1n) is 18.1. The SMILES string of the molecule is CC[C@@H]1[C@@H]2CN(C(=O)[C@H](C(C)(C)C)CC(=O)O[C@]3(C)C[C@H]3CCCCCc3nc4ccc(OCCNc5ncccn5)cc4nc3O2)[C@@H]1C=O. The Morgan fingerprint density at radius 1 is 1.10 bits per heavy atom. The lowest BCUT2D eigenvalue weighted by Crippen LogP contribution is -2.46. The van der Waals surface area contributed by atoms with E-state index >= 15 is 0 Å². The Morgan fingerprint density at radius 3 is 2.64 bits per heavy atom. The molecule has 2 aliphatic heterocycles. The number of nitrogens with zero attached hydrogens (tertiary/aromatic N) is 5. The van der Waals surface area contributed by atoms with Crippen LogP contribution in [0.15, 0.2) is 36.7 Å². The Balaban J connectivity index is 1.27. The number of rotatable bonds is 7. The average Bonchev–Trinajstić information content (AvgIpc) is 3.58. The van der Waals surface area contributed by atoms with Crippen LogP contribution in [-0.2, 0) is 25.5 Å². The summed E-state index contributed by atoms with van der Waals surface area (Å²) in [5.41, 5.74) is 1.12. The maximum Gasteiger partial charge on any atom is 0.307 e. The van der Waals surface area contributed by atoms with Gasteiger partial charge in [0.15, 0.2) is 0 Å². The molecule has 2 aromatic heterocycles. The van der Waals surface area contributed by atoms with Gasteiger partial charge in [0.25, 0.3) is 0 Å². The lowest BCUT2D eigenvalue weighted by molar-refractivity contribution is -0.158. The minimum atomic E-state index is -0.683. The minimum absolute atomic E-state index is 0.0319. The molecule has 50 heavy (non-hydrogen) atoms. The maximum atomic E-state index is 14.3. The van der Waals surface area contributed by atoms with Gasteiger partial charge in [0.1, 0.15) is 36.0 Å². The van der Waals surface area contributed by atoms with Crippen molar-refractivity contribution >= 4 is 35.1 Å². The van der Waals surface area contributed by atoms with Crippen molar-refractivity contribution in [1.29, 1.82) is 0 Å². The molecule has 0 unspecified atom stereocenters. The van der Waals surface area contributed by atoms with E-state index in [0.29, 0.717) is 55.0 Å². The summed E-state index contributed by atoms with van der Waals surface area (Å²) in [5.74, 6) is 0.433. The molecular formula is C38H50N6O6. The van der Waals surface area contributed by atoms with Gasteiger partial charge in [0, 0.05) is 30.3 Å². The minimum Gasteiger partial charge on any atom is -0.492 e. The standard InChI is InChI=1S/C38H50N6O6/c1-6-26-31(23-45)44-22-32(26)49-34-29(42-28-14-13-25(19-30(28)43-34)48-18-17-41-36-39-15-10-16-40-36)12-9-7-8-11-24-21-38(24,5)50-33(46)20-27(35(44)47)37(2,3)4/h10,13-16,19,23-24,26-27,31-32H,6-9,11-12,17-18,20-22H2,1-5H3,(H,39,40,41)/t24-,26+,27-,31-,32+,38-/m1/s1. The second kappa shape index (κ2) is 14.9. The van der Waals surface area contributed by atoms with Crippen molar-refractivity contribution in [3.05, 3.63) is 42.4 Å². The smallest absolute Gasteiger partial charge is 0.307 e. The zero-order valence-corrected chi connectivity index (χ0v) is 29.9. The molecule has 0 spiro atoms. The Hall–Kier alpha value is -4.35. The van der Waals surface area contributed by atoms with Crippen molar-refractivity contribution in [3.63, 3.8) is 0 Å². The van der Waals surface area contributed by atoms with Gasteiger partial charge in [-0.15, -0.1) is 0 Å². The summed E-state index contributed by atoms with van der Waals surface area (Å²) in [5, 5.41) is 3.13. The first kappa shape index (κ1) is 35.5. The third kappa shape index (κ3) is 8.00. The highest BCUT2D eigenvalue weighted by atomic mass is 16.6. The maximum absolute atomic E-state index is 14.3. The molecule has 2 bridgehead atoms. The van der Waals surface area contributed by atoms with Crippen molar-refractivity contribution in [1.82, 2.24) is 24.8 Å². The van der Waals surface area contributed by atoms with Crippen LogP contribution in [0.3, 0.4) is 0 Å². The van der Waals surface area contributed by atoms with Crippen LogP contribution in [-0.4, -0.2) is 80.4 Å². The Morgan fingerprint density at radius 2 is 1.90 bits per heavy atom. The largest absolute Gasteiger partial charge is 0.492 e. The van der Waals surface area contributed by atoms with Crippen molar-refractivity contribution in [3.8, 4) is 11.6 Å². The first-order valence-corrected chi connectivity index (χ1v) is 18.1. The zero-order valence-electron chi connectivity index (χ0n) is 29.9. The molecule has 268 valence electrons. The number of amides is 1. The number of esters is 1. The van der Waals surface area contributed by atoms with Crippen molar-refractivity contribution < 1.29 is 28.6 Å². The molecule has 12 heteroatoms. The van der Waals surface area contributed by atoms with E-state index in [1.54, 1.807) is 23.4 Å². The highest BCUT2D eigenvalue weighted by Crippen LogP contribution is 2.50. The van der Waals surface area contributed by atoms with Gasteiger partial charge in [0.2, 0.25) is 17.7 Å². The van der Waals surface area contributed by atoms with Crippen molar-refractivity contribution in [2.45, 2.75) is 104 Å². The number of carbonyl (C=O) groups excluding carboxylic acids is 3. The van der Waals surface area contributed by atoms with Crippen LogP contribution >= 0.6 is 0 Å². The number of fused-ring (bicyclic) bond motifs is 5. The summed E-state index contributed by atoms with van der Waals surface area (Å²) in [6, 6.07) is 6.73. The molecule has 1 amide bonds. The lowest BCUT2D eigenvalue weighted by Gasteiger charge is -2.34. The van der Waals surface area contributed by atoms with Crippen LogP contribution in [0.2, 0.25) is 0 Å². The second-order valence-corrected chi connectivity index (χ2v) is 15.2. The van der Waals surface area contributed by atoms with E-state index in [2.05, 4.69) is 15.3 Å². The molecule has 12 nitrogen and oxygen atoms in total. The molecule has 1 saturated carbocycles. The van der Waals surface area contributed by atoms with E-state index in [4.69, 9.17) is 24.2 Å². The van der Waals surface area contributed by atoms with Gasteiger partial charge in [-0.3, -0.25) is 9.59 Å². The van der Waals surface area contributed by atoms with E-state index < -0.39 is 29.1 Å². The predicted octanol–water partition coefficient (Wildman–Crippen LogP) is 5.58. The quantitative estimate of drug-likeness (QED) is 0.189. The predicted molar refractivity (Wildman–Crippen MR) is 188 cm³/mol. The molecule has 6 rings (SSSR count). The number of aromatic nitrogens is 4. The molecule has 4 heterocycles. The average molecular weight is 687 g/mol. The van der Waals surface area contributed by atoms with Gasteiger partial charge in [0.05, 0.1) is 42.5 Å². The molecule has 6 atom stereocenters. The molecular weight excluding hydrogens is 636 g/mol. The lowest BCUT2D eigenvalue weighted by atomic mass is 9.77. The van der Waals surface area contributed by atoms with Crippen LogP contribution in [0.25, 0.3) is 11.0 Å². The number of carbonyl (C=O) groups is 3. The first-order chi connectivity index (χ1) is 24.0. The molecule has 1 aliphatic carbocycles. The van der Waals surface area contributed by atoms with Crippen molar-refractivity contribution in [2.24, 2.45) is 23.2 Å². The fourth-order valence-electron chi connectivity index (χ4n) is 7.46. The highest BCUT2D eigenvalue weighted by molar-refractivity contribution is 5.87. The van der Waals surface area contributed by atoms with Crippen LogP contribution < -0.4 is 14.8 Å². The summed E-state index contributed by atoms with van der Waals surface area (Å²) >= 11 is 0. The topological polar surface area (TPSA) is 146 Å². The van der Waals surface area contributed by atoms with E-state index in [-0.39, 0.29) is 30.8 Å². The number of hydrogen-bond acceptors (Lipinski definition) is 11. The van der Waals surface area contributed by atoms with E-state index in [0.717, 1.165) is 49.6 Å². The number of anilines is 1. The summed E-state index contributed by atoms with van der Waals surface area (Å²) in [7, 11) is 0. The third-order valence-electron chi connectivity index (χ3n) is 10.6. The van der Waals surface area contributed by atoms with E-state index in [1.807, 2.05) is 52.8 Å².